The predicted molar refractivity (Wildman–Crippen MR) is 81.7 cm³/mol. The normalized spacial score (nSPS) is 12.2. The van der Waals surface area contributed by atoms with Crippen LogP contribution in [0.5, 0.6) is 0 Å². The molecule has 4 nitrogen and oxygen atoms in total. The first kappa shape index (κ1) is 16.7. The van der Waals surface area contributed by atoms with E-state index in [-0.39, 0.29) is 18.2 Å². The van der Waals surface area contributed by atoms with Gasteiger partial charge in [-0.1, -0.05) is 26.0 Å². The van der Waals surface area contributed by atoms with Crippen molar-refractivity contribution in [3.63, 3.8) is 0 Å². The fourth-order valence-corrected chi connectivity index (χ4v) is 2.59. The Morgan fingerprint density at radius 1 is 1.30 bits per heavy atom. The summed E-state index contributed by atoms with van der Waals surface area (Å²) < 4.78 is 0.733. The van der Waals surface area contributed by atoms with E-state index in [1.807, 2.05) is 19.9 Å². The van der Waals surface area contributed by atoms with Gasteiger partial charge >= 0.3 is 5.97 Å². The van der Waals surface area contributed by atoms with E-state index in [1.165, 1.54) is 0 Å². The number of hydrogen-bond donors (Lipinski definition) is 2. The number of carboxylic acids is 1. The van der Waals surface area contributed by atoms with Gasteiger partial charge in [0, 0.05) is 17.4 Å². The van der Waals surface area contributed by atoms with Crippen molar-refractivity contribution in [3.05, 3.63) is 34.3 Å². The SMILES string of the molecule is CC(C)CC(CNC(=O)c1ccccc1Br)CC(=O)O. The van der Waals surface area contributed by atoms with Crippen LogP contribution in [0.1, 0.15) is 37.0 Å². The quantitative estimate of drug-likeness (QED) is 0.799. The summed E-state index contributed by atoms with van der Waals surface area (Å²) in [5.74, 6) is -0.652. The largest absolute Gasteiger partial charge is 0.481 e. The standard InChI is InChI=1S/C15H20BrNO3/c1-10(2)7-11(8-14(18)19)9-17-15(20)12-5-3-4-6-13(12)16/h3-6,10-11H,7-9H2,1-2H3,(H,17,20)(H,18,19). The third kappa shape index (κ3) is 5.74. The predicted octanol–water partition coefficient (Wildman–Crippen LogP) is 3.32. The van der Waals surface area contributed by atoms with Gasteiger partial charge in [-0.2, -0.15) is 0 Å². The minimum atomic E-state index is -0.828. The van der Waals surface area contributed by atoms with Gasteiger partial charge < -0.3 is 10.4 Å². The van der Waals surface area contributed by atoms with Crippen molar-refractivity contribution in [3.8, 4) is 0 Å². The van der Waals surface area contributed by atoms with Gasteiger partial charge in [-0.3, -0.25) is 9.59 Å². The summed E-state index contributed by atoms with van der Waals surface area (Å²) in [5, 5.41) is 11.7. The van der Waals surface area contributed by atoms with Crippen LogP contribution in [0.2, 0.25) is 0 Å². The highest BCUT2D eigenvalue weighted by Crippen LogP contribution is 2.17. The molecule has 0 aliphatic heterocycles. The van der Waals surface area contributed by atoms with E-state index in [4.69, 9.17) is 5.11 Å². The maximum atomic E-state index is 12.1. The molecule has 0 radical (unpaired) electrons. The summed E-state index contributed by atoms with van der Waals surface area (Å²) in [6.45, 7) is 4.47. The molecule has 0 aliphatic rings. The van der Waals surface area contributed by atoms with E-state index in [0.29, 0.717) is 18.0 Å². The Balaban J connectivity index is 2.60. The maximum Gasteiger partial charge on any atom is 0.303 e. The molecular weight excluding hydrogens is 322 g/mol. The smallest absolute Gasteiger partial charge is 0.303 e. The molecule has 0 saturated heterocycles. The highest BCUT2D eigenvalue weighted by atomic mass is 79.9. The monoisotopic (exact) mass is 341 g/mol. The van der Waals surface area contributed by atoms with Gasteiger partial charge in [0.15, 0.2) is 0 Å². The molecule has 0 spiro atoms. The number of carbonyl (C=O) groups is 2. The molecule has 5 heteroatoms. The van der Waals surface area contributed by atoms with Crippen LogP contribution in [0.3, 0.4) is 0 Å². The molecule has 1 atom stereocenters. The molecule has 0 aliphatic carbocycles. The zero-order valence-corrected chi connectivity index (χ0v) is 13.3. The molecule has 0 aromatic heterocycles. The first-order valence-corrected chi connectivity index (χ1v) is 7.44. The van der Waals surface area contributed by atoms with Crippen LogP contribution in [0.4, 0.5) is 0 Å². The van der Waals surface area contributed by atoms with Gasteiger partial charge in [0.25, 0.3) is 5.91 Å². The molecule has 2 N–H and O–H groups in total. The lowest BCUT2D eigenvalue weighted by molar-refractivity contribution is -0.138. The Hall–Kier alpha value is -1.36. The Labute approximate surface area is 127 Å². The van der Waals surface area contributed by atoms with Crippen molar-refractivity contribution in [1.82, 2.24) is 5.32 Å². The Bertz CT molecular complexity index is 474. The molecule has 1 aromatic rings. The Morgan fingerprint density at radius 3 is 2.50 bits per heavy atom. The van der Waals surface area contributed by atoms with E-state index in [0.717, 1.165) is 10.9 Å². The van der Waals surface area contributed by atoms with Crippen LogP contribution in [0, 0.1) is 11.8 Å². The lowest BCUT2D eigenvalue weighted by atomic mass is 9.94. The number of carboxylic acid groups (broad SMARTS) is 1. The van der Waals surface area contributed by atoms with Crippen molar-refractivity contribution in [2.45, 2.75) is 26.7 Å². The highest BCUT2D eigenvalue weighted by Gasteiger charge is 2.17. The summed E-state index contributed by atoms with van der Waals surface area (Å²) in [6.07, 6.45) is 0.858. The highest BCUT2D eigenvalue weighted by molar-refractivity contribution is 9.10. The maximum absolute atomic E-state index is 12.1. The molecule has 0 heterocycles. The van der Waals surface area contributed by atoms with Crippen LogP contribution >= 0.6 is 15.9 Å². The molecule has 0 saturated carbocycles. The zero-order chi connectivity index (χ0) is 15.1. The first-order valence-electron chi connectivity index (χ1n) is 6.64. The number of nitrogens with one attached hydrogen (secondary N) is 1. The molecule has 20 heavy (non-hydrogen) atoms. The van der Waals surface area contributed by atoms with Crippen LogP contribution in [0.25, 0.3) is 0 Å². The minimum Gasteiger partial charge on any atom is -0.481 e. The number of benzene rings is 1. The second-order valence-electron chi connectivity index (χ2n) is 5.28. The lowest BCUT2D eigenvalue weighted by Gasteiger charge is -2.18. The zero-order valence-electron chi connectivity index (χ0n) is 11.7. The van der Waals surface area contributed by atoms with Crippen LogP contribution in [-0.4, -0.2) is 23.5 Å². The Kier molecular flexibility index (Phi) is 6.71. The molecule has 1 unspecified atom stereocenters. The van der Waals surface area contributed by atoms with Crippen molar-refractivity contribution < 1.29 is 14.7 Å². The topological polar surface area (TPSA) is 66.4 Å². The molecule has 110 valence electrons. The van der Waals surface area contributed by atoms with Gasteiger partial charge in [-0.15, -0.1) is 0 Å². The van der Waals surface area contributed by atoms with Crippen molar-refractivity contribution in [2.24, 2.45) is 11.8 Å². The number of halogens is 1. The van der Waals surface area contributed by atoms with Gasteiger partial charge in [0.05, 0.1) is 5.56 Å². The van der Waals surface area contributed by atoms with Crippen molar-refractivity contribution >= 4 is 27.8 Å². The summed E-state index contributed by atoms with van der Waals surface area (Å²) in [4.78, 5) is 22.9. The lowest BCUT2D eigenvalue weighted by Crippen LogP contribution is -2.31. The fraction of sp³-hybridized carbons (Fsp3) is 0.467. The third-order valence-electron chi connectivity index (χ3n) is 2.94. The molecular formula is C15H20BrNO3. The van der Waals surface area contributed by atoms with E-state index in [1.54, 1.807) is 18.2 Å². The van der Waals surface area contributed by atoms with E-state index in [2.05, 4.69) is 21.2 Å². The van der Waals surface area contributed by atoms with E-state index in [9.17, 15) is 9.59 Å². The summed E-state index contributed by atoms with van der Waals surface area (Å²) in [6, 6.07) is 7.17. The molecule has 1 rings (SSSR count). The summed E-state index contributed by atoms with van der Waals surface area (Å²) >= 11 is 3.33. The number of carbonyl (C=O) groups excluding carboxylic acids is 1. The molecule has 0 bridgehead atoms. The average molecular weight is 342 g/mol. The van der Waals surface area contributed by atoms with Gasteiger partial charge in [0.2, 0.25) is 0 Å². The summed E-state index contributed by atoms with van der Waals surface area (Å²) in [7, 11) is 0. The van der Waals surface area contributed by atoms with E-state index < -0.39 is 5.97 Å². The fourth-order valence-electron chi connectivity index (χ4n) is 2.13. The second kappa shape index (κ2) is 8.04. The van der Waals surface area contributed by atoms with Gasteiger partial charge in [-0.05, 0) is 46.3 Å². The van der Waals surface area contributed by atoms with Crippen LogP contribution in [-0.2, 0) is 4.79 Å². The minimum absolute atomic E-state index is 0.0427. The van der Waals surface area contributed by atoms with Gasteiger partial charge in [0.1, 0.15) is 0 Å². The molecule has 1 aromatic carbocycles. The molecule has 0 fully saturated rings. The third-order valence-corrected chi connectivity index (χ3v) is 3.63. The number of aliphatic carboxylic acids is 1. The van der Waals surface area contributed by atoms with Crippen LogP contribution < -0.4 is 5.32 Å². The Morgan fingerprint density at radius 2 is 1.95 bits per heavy atom. The van der Waals surface area contributed by atoms with E-state index >= 15 is 0 Å². The van der Waals surface area contributed by atoms with Gasteiger partial charge in [-0.25, -0.2) is 0 Å². The number of rotatable bonds is 7. The van der Waals surface area contributed by atoms with Crippen molar-refractivity contribution in [1.29, 1.82) is 0 Å². The summed E-state index contributed by atoms with van der Waals surface area (Å²) in [5.41, 5.74) is 0.561. The van der Waals surface area contributed by atoms with Crippen LogP contribution in [0.15, 0.2) is 28.7 Å². The molecule has 1 amide bonds. The first-order chi connectivity index (χ1) is 9.40. The second-order valence-corrected chi connectivity index (χ2v) is 6.14. The number of hydrogen-bond acceptors (Lipinski definition) is 2. The van der Waals surface area contributed by atoms with Crippen molar-refractivity contribution in [2.75, 3.05) is 6.54 Å². The average Bonchev–Trinajstić information content (AvgIpc) is 2.34. The number of amides is 1.